The molecule has 5 nitrogen and oxygen atoms in total. The van der Waals surface area contributed by atoms with E-state index in [4.69, 9.17) is 11.6 Å². The molecule has 156 valence electrons. The number of thiophene rings is 1. The van der Waals surface area contributed by atoms with Gasteiger partial charge < -0.3 is 15.3 Å². The lowest BCUT2D eigenvalue weighted by Gasteiger charge is -2.34. The lowest BCUT2D eigenvalue weighted by molar-refractivity contribution is -0.143. The van der Waals surface area contributed by atoms with Gasteiger partial charge in [0.2, 0.25) is 5.91 Å². The maximum atomic E-state index is 13.6. The van der Waals surface area contributed by atoms with Gasteiger partial charge in [-0.3, -0.25) is 9.59 Å². The number of anilines is 1. The van der Waals surface area contributed by atoms with Crippen molar-refractivity contribution < 1.29 is 14.7 Å². The Morgan fingerprint density at radius 1 is 1.06 bits per heavy atom. The van der Waals surface area contributed by atoms with E-state index in [1.54, 1.807) is 18.3 Å². The van der Waals surface area contributed by atoms with Crippen LogP contribution in [0, 0.1) is 5.92 Å². The number of aliphatic carboxylic acids is 1. The average Bonchev–Trinajstić information content (AvgIpc) is 3.39. The molecule has 0 unspecified atom stereocenters. The van der Waals surface area contributed by atoms with Crippen LogP contribution in [0.25, 0.3) is 6.08 Å². The zero-order valence-electron chi connectivity index (χ0n) is 16.3. The quantitative estimate of drug-likeness (QED) is 0.553. The highest BCUT2D eigenvalue weighted by Crippen LogP contribution is 2.58. The van der Waals surface area contributed by atoms with E-state index in [0.717, 1.165) is 11.1 Å². The number of carboxylic acid groups (broad SMARTS) is 1. The second-order valence-electron chi connectivity index (χ2n) is 7.69. The molecule has 2 aliphatic heterocycles. The SMILES string of the molecule is O=C(Nc1ccccc1)[C@@H]1N2C=Cc3ccccc3[C@H]2[C@H](C(=O)O)[C@]1(Cl)c1ccsc1. The highest BCUT2D eigenvalue weighted by Gasteiger charge is 2.65. The zero-order chi connectivity index (χ0) is 21.6. The number of nitrogens with one attached hydrogen (secondary N) is 1. The number of rotatable bonds is 4. The molecule has 7 heteroatoms. The highest BCUT2D eigenvalue weighted by molar-refractivity contribution is 7.08. The van der Waals surface area contributed by atoms with E-state index < -0.39 is 28.8 Å². The fraction of sp³-hybridized carbons (Fsp3) is 0.167. The number of carbonyl (C=O) groups is 2. The summed E-state index contributed by atoms with van der Waals surface area (Å²) >= 11 is 8.69. The van der Waals surface area contributed by atoms with E-state index in [0.29, 0.717) is 11.3 Å². The number of benzene rings is 2. The Balaban J connectivity index is 1.68. The predicted molar refractivity (Wildman–Crippen MR) is 122 cm³/mol. The van der Waals surface area contributed by atoms with Crippen LogP contribution in [0.15, 0.2) is 77.6 Å². The Hall–Kier alpha value is -3.09. The molecular weight excluding hydrogens is 432 g/mol. The second-order valence-corrected chi connectivity index (χ2v) is 9.10. The standard InChI is InChI=1S/C24H19ClN2O3S/c25-24(16-11-13-31-14-16)19(23(29)30)20-18-9-5-4-6-15(18)10-12-27(20)21(24)22(28)26-17-7-2-1-3-8-17/h1-14,19-21H,(H,26,28)(H,29,30)/t19-,20+,21+,24-/m1/s1. The van der Waals surface area contributed by atoms with Crippen LogP contribution < -0.4 is 5.32 Å². The van der Waals surface area contributed by atoms with E-state index >= 15 is 0 Å². The maximum absolute atomic E-state index is 13.6. The molecule has 2 aliphatic rings. The first-order chi connectivity index (χ1) is 15.0. The summed E-state index contributed by atoms with van der Waals surface area (Å²) in [6.07, 6.45) is 3.71. The summed E-state index contributed by atoms with van der Waals surface area (Å²) in [5, 5.41) is 17.0. The second kappa shape index (κ2) is 7.55. The molecule has 2 N–H and O–H groups in total. The van der Waals surface area contributed by atoms with Crippen LogP contribution in [0.5, 0.6) is 0 Å². The minimum Gasteiger partial charge on any atom is -0.481 e. The summed E-state index contributed by atoms with van der Waals surface area (Å²) in [4.78, 5) is 26.6. The van der Waals surface area contributed by atoms with Crippen molar-refractivity contribution in [3.05, 3.63) is 94.3 Å². The largest absolute Gasteiger partial charge is 0.481 e. The monoisotopic (exact) mass is 450 g/mol. The summed E-state index contributed by atoms with van der Waals surface area (Å²) < 4.78 is 0. The molecule has 1 fully saturated rings. The Morgan fingerprint density at radius 3 is 2.52 bits per heavy atom. The first-order valence-electron chi connectivity index (χ1n) is 9.86. The molecule has 0 spiro atoms. The first-order valence-corrected chi connectivity index (χ1v) is 11.2. The molecule has 31 heavy (non-hydrogen) atoms. The van der Waals surface area contributed by atoms with Crippen molar-refractivity contribution in [2.75, 3.05) is 5.32 Å². The molecule has 3 aromatic rings. The van der Waals surface area contributed by atoms with Crippen molar-refractivity contribution in [1.29, 1.82) is 0 Å². The lowest BCUT2D eigenvalue weighted by atomic mass is 9.79. The van der Waals surface area contributed by atoms with Crippen molar-refractivity contribution in [3.63, 3.8) is 0 Å². The summed E-state index contributed by atoms with van der Waals surface area (Å²) in [6, 6.07) is 17.1. The van der Waals surface area contributed by atoms with Gasteiger partial charge in [0.05, 0.1) is 6.04 Å². The van der Waals surface area contributed by atoms with Crippen molar-refractivity contribution in [2.24, 2.45) is 5.92 Å². The molecule has 0 aliphatic carbocycles. The topological polar surface area (TPSA) is 69.6 Å². The minimum atomic E-state index is -1.45. The van der Waals surface area contributed by atoms with Gasteiger partial charge in [0.15, 0.2) is 0 Å². The average molecular weight is 451 g/mol. The van der Waals surface area contributed by atoms with E-state index in [1.165, 1.54) is 11.3 Å². The number of alkyl halides is 1. The number of carboxylic acids is 1. The number of halogens is 1. The summed E-state index contributed by atoms with van der Waals surface area (Å²) in [7, 11) is 0. The molecule has 0 bridgehead atoms. The normalized spacial score (nSPS) is 26.2. The van der Waals surface area contributed by atoms with Crippen molar-refractivity contribution in [2.45, 2.75) is 17.0 Å². The third kappa shape index (κ3) is 3.06. The smallest absolute Gasteiger partial charge is 0.311 e. The number of fused-ring (bicyclic) bond motifs is 3. The summed E-state index contributed by atoms with van der Waals surface area (Å²) in [6.45, 7) is 0. The highest BCUT2D eigenvalue weighted by atomic mass is 35.5. The molecule has 1 amide bonds. The Kier molecular flexibility index (Phi) is 4.84. The summed E-state index contributed by atoms with van der Waals surface area (Å²) in [5.41, 5.74) is 3.06. The van der Waals surface area contributed by atoms with Gasteiger partial charge in [0.25, 0.3) is 0 Å². The van der Waals surface area contributed by atoms with Crippen molar-refractivity contribution >= 4 is 46.6 Å². The zero-order valence-corrected chi connectivity index (χ0v) is 17.9. The molecular formula is C24H19ClN2O3S. The van der Waals surface area contributed by atoms with Gasteiger partial charge in [-0.25, -0.2) is 0 Å². The van der Waals surface area contributed by atoms with Gasteiger partial charge in [-0.1, -0.05) is 42.5 Å². The first kappa shape index (κ1) is 19.8. The Morgan fingerprint density at radius 2 is 1.81 bits per heavy atom. The molecule has 5 rings (SSSR count). The van der Waals surface area contributed by atoms with Crippen LogP contribution in [-0.4, -0.2) is 27.9 Å². The van der Waals surface area contributed by atoms with E-state index in [9.17, 15) is 14.7 Å². The number of hydrogen-bond donors (Lipinski definition) is 2. The maximum Gasteiger partial charge on any atom is 0.311 e. The molecule has 1 aromatic heterocycles. The van der Waals surface area contributed by atoms with Gasteiger partial charge in [-0.2, -0.15) is 11.3 Å². The van der Waals surface area contributed by atoms with Crippen LogP contribution in [0.1, 0.15) is 22.7 Å². The predicted octanol–water partition coefficient (Wildman–Crippen LogP) is 4.93. The molecule has 3 heterocycles. The summed E-state index contributed by atoms with van der Waals surface area (Å²) in [5.74, 6) is -2.40. The number of nitrogens with zero attached hydrogens (tertiary/aromatic N) is 1. The molecule has 1 saturated heterocycles. The Labute approximate surface area is 188 Å². The third-order valence-corrected chi connectivity index (χ3v) is 7.39. The van der Waals surface area contributed by atoms with Gasteiger partial charge in [0, 0.05) is 11.9 Å². The molecule has 0 saturated carbocycles. The number of para-hydroxylation sites is 1. The van der Waals surface area contributed by atoms with Crippen LogP contribution in [-0.2, 0) is 14.5 Å². The number of carbonyl (C=O) groups excluding carboxylic acids is 1. The van der Waals surface area contributed by atoms with Gasteiger partial charge in [-0.05, 0) is 51.7 Å². The minimum absolute atomic E-state index is 0.342. The van der Waals surface area contributed by atoms with Crippen LogP contribution in [0.4, 0.5) is 5.69 Å². The molecule has 4 atom stereocenters. The van der Waals surface area contributed by atoms with Crippen LogP contribution in [0.2, 0.25) is 0 Å². The van der Waals surface area contributed by atoms with Crippen LogP contribution in [0.3, 0.4) is 0 Å². The molecule has 2 aromatic carbocycles. The van der Waals surface area contributed by atoms with Crippen molar-refractivity contribution in [1.82, 2.24) is 4.90 Å². The number of hydrogen-bond acceptors (Lipinski definition) is 4. The number of amides is 1. The van der Waals surface area contributed by atoms with Crippen LogP contribution >= 0.6 is 22.9 Å². The van der Waals surface area contributed by atoms with E-state index in [1.807, 2.05) is 70.3 Å². The van der Waals surface area contributed by atoms with Crippen molar-refractivity contribution in [3.8, 4) is 0 Å². The van der Waals surface area contributed by atoms with Gasteiger partial charge >= 0.3 is 5.97 Å². The van der Waals surface area contributed by atoms with E-state index in [2.05, 4.69) is 5.32 Å². The fourth-order valence-electron chi connectivity index (χ4n) is 4.76. The third-order valence-electron chi connectivity index (χ3n) is 6.05. The van der Waals surface area contributed by atoms with Gasteiger partial charge in [-0.15, -0.1) is 11.6 Å². The van der Waals surface area contributed by atoms with Gasteiger partial charge in [0.1, 0.15) is 16.8 Å². The fourth-order valence-corrected chi connectivity index (χ4v) is 6.09. The lowest BCUT2D eigenvalue weighted by Crippen LogP contribution is -2.48. The van der Waals surface area contributed by atoms with E-state index in [-0.39, 0.29) is 5.91 Å². The Bertz CT molecular complexity index is 1160. The molecule has 0 radical (unpaired) electrons.